The summed E-state index contributed by atoms with van der Waals surface area (Å²) in [5.41, 5.74) is 0.664. The van der Waals surface area contributed by atoms with E-state index in [9.17, 15) is 4.79 Å². The Morgan fingerprint density at radius 2 is 2.28 bits per heavy atom. The van der Waals surface area contributed by atoms with Crippen LogP contribution in [0.4, 0.5) is 5.95 Å². The Bertz CT molecular complexity index is 438. The van der Waals surface area contributed by atoms with Crippen molar-refractivity contribution in [1.82, 2.24) is 9.97 Å². The van der Waals surface area contributed by atoms with Gasteiger partial charge in [0, 0.05) is 37.7 Å². The standard InChI is InChI=1S/C12H15N3O3/c1-15(10-4-5-18-8-10)12-13-6-9(7-14-12)2-3-11(16)17/h2-3,6-7,10H,4-5,8H2,1H3,(H,16,17)/b3-2+. The van der Waals surface area contributed by atoms with Gasteiger partial charge in [-0.15, -0.1) is 0 Å². The second kappa shape index (κ2) is 5.59. The highest BCUT2D eigenvalue weighted by Gasteiger charge is 2.21. The number of aliphatic carboxylic acids is 1. The minimum atomic E-state index is -0.987. The Balaban J connectivity index is 2.04. The number of ether oxygens (including phenoxy) is 1. The van der Waals surface area contributed by atoms with E-state index in [0.717, 1.165) is 19.1 Å². The summed E-state index contributed by atoms with van der Waals surface area (Å²) in [5, 5.41) is 8.51. The van der Waals surface area contributed by atoms with Crippen LogP contribution < -0.4 is 4.90 Å². The van der Waals surface area contributed by atoms with Crippen molar-refractivity contribution in [1.29, 1.82) is 0 Å². The van der Waals surface area contributed by atoms with E-state index in [-0.39, 0.29) is 0 Å². The fourth-order valence-corrected chi connectivity index (χ4v) is 1.76. The molecular weight excluding hydrogens is 234 g/mol. The van der Waals surface area contributed by atoms with Crippen LogP contribution >= 0.6 is 0 Å². The SMILES string of the molecule is CN(c1ncc(/C=C/C(=O)O)cn1)C1CCOC1. The van der Waals surface area contributed by atoms with Gasteiger partial charge in [-0.2, -0.15) is 0 Å². The maximum absolute atomic E-state index is 10.4. The van der Waals surface area contributed by atoms with Crippen LogP contribution in [-0.2, 0) is 9.53 Å². The molecule has 6 heteroatoms. The van der Waals surface area contributed by atoms with Crippen molar-refractivity contribution in [2.75, 3.05) is 25.2 Å². The van der Waals surface area contributed by atoms with E-state index in [4.69, 9.17) is 9.84 Å². The van der Waals surface area contributed by atoms with Crippen LogP contribution in [0.2, 0.25) is 0 Å². The Morgan fingerprint density at radius 3 is 2.83 bits per heavy atom. The van der Waals surface area contributed by atoms with E-state index in [1.807, 2.05) is 11.9 Å². The Morgan fingerprint density at radius 1 is 1.56 bits per heavy atom. The molecule has 1 aromatic rings. The van der Waals surface area contributed by atoms with Crippen molar-refractivity contribution in [2.24, 2.45) is 0 Å². The van der Waals surface area contributed by atoms with Crippen molar-refractivity contribution in [3.8, 4) is 0 Å². The number of hydrogen-bond acceptors (Lipinski definition) is 5. The van der Waals surface area contributed by atoms with E-state index >= 15 is 0 Å². The molecule has 1 aliphatic rings. The number of hydrogen-bond donors (Lipinski definition) is 1. The summed E-state index contributed by atoms with van der Waals surface area (Å²) >= 11 is 0. The fourth-order valence-electron chi connectivity index (χ4n) is 1.76. The van der Waals surface area contributed by atoms with E-state index in [2.05, 4.69) is 9.97 Å². The minimum absolute atomic E-state index is 0.311. The lowest BCUT2D eigenvalue weighted by Crippen LogP contribution is -2.33. The third-order valence-electron chi connectivity index (χ3n) is 2.85. The molecule has 1 saturated heterocycles. The van der Waals surface area contributed by atoms with Crippen LogP contribution in [-0.4, -0.2) is 47.3 Å². The summed E-state index contributed by atoms with van der Waals surface area (Å²) in [6.45, 7) is 1.47. The molecule has 0 amide bonds. The van der Waals surface area contributed by atoms with Gasteiger partial charge in [-0.05, 0) is 12.5 Å². The molecule has 0 bridgehead atoms. The van der Waals surface area contributed by atoms with E-state index in [1.165, 1.54) is 6.08 Å². The van der Waals surface area contributed by atoms with Crippen molar-refractivity contribution >= 4 is 18.0 Å². The third kappa shape index (κ3) is 3.04. The maximum atomic E-state index is 10.4. The van der Waals surface area contributed by atoms with Gasteiger partial charge in [0.2, 0.25) is 5.95 Å². The summed E-state index contributed by atoms with van der Waals surface area (Å²) in [7, 11) is 1.93. The summed E-state index contributed by atoms with van der Waals surface area (Å²) in [5.74, 6) is -0.364. The van der Waals surface area contributed by atoms with Gasteiger partial charge in [0.25, 0.3) is 0 Å². The summed E-state index contributed by atoms with van der Waals surface area (Å²) in [6.07, 6.45) is 6.71. The molecule has 6 nitrogen and oxygen atoms in total. The first-order valence-electron chi connectivity index (χ1n) is 5.70. The predicted molar refractivity (Wildman–Crippen MR) is 66.3 cm³/mol. The van der Waals surface area contributed by atoms with E-state index in [0.29, 0.717) is 24.2 Å². The molecule has 0 aliphatic carbocycles. The van der Waals surface area contributed by atoms with Crippen LogP contribution in [0, 0.1) is 0 Å². The molecule has 2 rings (SSSR count). The van der Waals surface area contributed by atoms with Crippen molar-refractivity contribution in [2.45, 2.75) is 12.5 Å². The number of carboxylic acids is 1. The minimum Gasteiger partial charge on any atom is -0.478 e. The molecule has 1 N–H and O–H groups in total. The lowest BCUT2D eigenvalue weighted by Gasteiger charge is -2.22. The van der Waals surface area contributed by atoms with Gasteiger partial charge in [-0.3, -0.25) is 0 Å². The van der Waals surface area contributed by atoms with Crippen molar-refractivity contribution in [3.63, 3.8) is 0 Å². The van der Waals surface area contributed by atoms with Crippen LogP contribution in [0.1, 0.15) is 12.0 Å². The fraction of sp³-hybridized carbons (Fsp3) is 0.417. The summed E-state index contributed by atoms with van der Waals surface area (Å²) < 4.78 is 5.31. The van der Waals surface area contributed by atoms with Gasteiger partial charge in [0.05, 0.1) is 12.6 Å². The smallest absolute Gasteiger partial charge is 0.328 e. The van der Waals surface area contributed by atoms with Gasteiger partial charge in [-0.25, -0.2) is 14.8 Å². The zero-order chi connectivity index (χ0) is 13.0. The molecule has 1 aromatic heterocycles. The topological polar surface area (TPSA) is 75.6 Å². The number of rotatable bonds is 4. The Labute approximate surface area is 105 Å². The largest absolute Gasteiger partial charge is 0.478 e. The highest BCUT2D eigenvalue weighted by Crippen LogP contribution is 2.16. The Hall–Kier alpha value is -1.95. The van der Waals surface area contributed by atoms with Gasteiger partial charge in [0.1, 0.15) is 0 Å². The van der Waals surface area contributed by atoms with Gasteiger partial charge < -0.3 is 14.7 Å². The van der Waals surface area contributed by atoms with Gasteiger partial charge >= 0.3 is 5.97 Å². The molecule has 1 unspecified atom stereocenters. The quantitative estimate of drug-likeness (QED) is 0.795. The number of carboxylic acid groups (broad SMARTS) is 1. The van der Waals surface area contributed by atoms with Crippen molar-refractivity contribution in [3.05, 3.63) is 24.0 Å². The molecule has 1 aliphatic heterocycles. The predicted octanol–water partition coefficient (Wildman–Crippen LogP) is 0.799. The molecular formula is C12H15N3O3. The Kier molecular flexibility index (Phi) is 3.88. The van der Waals surface area contributed by atoms with Crippen molar-refractivity contribution < 1.29 is 14.6 Å². The number of anilines is 1. The molecule has 0 aromatic carbocycles. The molecule has 18 heavy (non-hydrogen) atoms. The molecule has 0 spiro atoms. The first-order chi connectivity index (χ1) is 8.66. The van der Waals surface area contributed by atoms with Gasteiger partial charge in [0.15, 0.2) is 0 Å². The summed E-state index contributed by atoms with van der Waals surface area (Å²) in [4.78, 5) is 20.8. The molecule has 0 radical (unpaired) electrons. The average Bonchev–Trinajstić information content (AvgIpc) is 2.90. The highest BCUT2D eigenvalue weighted by molar-refractivity contribution is 5.85. The van der Waals surface area contributed by atoms with Crippen LogP contribution in [0.5, 0.6) is 0 Å². The lowest BCUT2D eigenvalue weighted by atomic mass is 10.2. The van der Waals surface area contributed by atoms with Crippen LogP contribution in [0.3, 0.4) is 0 Å². The first kappa shape index (κ1) is 12.5. The second-order valence-electron chi connectivity index (χ2n) is 4.12. The highest BCUT2D eigenvalue weighted by atomic mass is 16.5. The zero-order valence-electron chi connectivity index (χ0n) is 10.1. The second-order valence-corrected chi connectivity index (χ2v) is 4.12. The third-order valence-corrected chi connectivity index (χ3v) is 2.85. The van der Waals surface area contributed by atoms with Crippen LogP contribution in [0.25, 0.3) is 6.08 Å². The summed E-state index contributed by atoms with van der Waals surface area (Å²) in [6, 6.07) is 0.311. The number of nitrogens with zero attached hydrogens (tertiary/aromatic N) is 3. The molecule has 0 saturated carbocycles. The number of aromatic nitrogens is 2. The van der Waals surface area contributed by atoms with E-state index < -0.39 is 5.97 Å². The number of carbonyl (C=O) groups is 1. The number of likely N-dealkylation sites (N-methyl/N-ethyl adjacent to an activating group) is 1. The molecule has 1 fully saturated rings. The molecule has 1 atom stereocenters. The average molecular weight is 249 g/mol. The van der Waals surface area contributed by atoms with Crippen LogP contribution in [0.15, 0.2) is 18.5 Å². The zero-order valence-corrected chi connectivity index (χ0v) is 10.1. The normalized spacial score (nSPS) is 19.3. The molecule has 96 valence electrons. The first-order valence-corrected chi connectivity index (χ1v) is 5.70. The van der Waals surface area contributed by atoms with Gasteiger partial charge in [-0.1, -0.05) is 0 Å². The maximum Gasteiger partial charge on any atom is 0.328 e. The monoisotopic (exact) mass is 249 g/mol. The molecule has 2 heterocycles. The van der Waals surface area contributed by atoms with E-state index in [1.54, 1.807) is 12.4 Å². The lowest BCUT2D eigenvalue weighted by molar-refractivity contribution is -0.131.